The number of rotatable bonds is 2. The van der Waals surface area contributed by atoms with Crippen molar-refractivity contribution in [3.05, 3.63) is 16.9 Å². The Morgan fingerprint density at radius 2 is 2.17 bits per heavy atom. The second-order valence-corrected chi connectivity index (χ2v) is 8.60. The van der Waals surface area contributed by atoms with Crippen LogP contribution in [0.2, 0.25) is 5.15 Å². The van der Waals surface area contributed by atoms with Crippen LogP contribution in [0, 0.1) is 6.92 Å². The van der Waals surface area contributed by atoms with E-state index in [4.69, 9.17) is 16.3 Å². The lowest BCUT2D eigenvalue weighted by Gasteiger charge is -2.33. The first-order valence-electron chi connectivity index (χ1n) is 7.55. The van der Waals surface area contributed by atoms with Crippen LogP contribution in [0.1, 0.15) is 39.2 Å². The predicted molar refractivity (Wildman–Crippen MR) is 89.0 cm³/mol. The quantitative estimate of drug-likeness (QED) is 0.599. The first-order chi connectivity index (χ1) is 10.7. The fraction of sp³-hybridized carbons (Fsp3) is 0.667. The Bertz CT molecular complexity index is 618. The molecule has 1 saturated heterocycles. The van der Waals surface area contributed by atoms with E-state index in [0.29, 0.717) is 18.2 Å². The number of ether oxygens (including phenoxy) is 1. The van der Waals surface area contributed by atoms with Gasteiger partial charge in [-0.3, -0.25) is 4.21 Å². The lowest BCUT2D eigenvalue weighted by molar-refractivity contribution is 0.0219. The summed E-state index contributed by atoms with van der Waals surface area (Å²) in [4.78, 5) is 22.0. The molecule has 23 heavy (non-hydrogen) atoms. The normalized spacial score (nSPS) is 20.2. The van der Waals surface area contributed by atoms with Gasteiger partial charge in [-0.25, -0.2) is 14.8 Å². The van der Waals surface area contributed by atoms with Crippen LogP contribution < -0.4 is 0 Å². The third kappa shape index (κ3) is 4.88. The third-order valence-electron chi connectivity index (χ3n) is 3.40. The summed E-state index contributed by atoms with van der Waals surface area (Å²) in [6, 6.07) is 0. The SMILES string of the molecule is Cc1cnc(S(=O)C2CCCN(C(=O)OC(C)(C)C)C2)nc1Cl. The molecule has 0 bridgehead atoms. The first kappa shape index (κ1) is 18.1. The zero-order valence-corrected chi connectivity index (χ0v) is 15.4. The molecule has 1 amide bonds. The van der Waals surface area contributed by atoms with Crippen LogP contribution in [0.3, 0.4) is 0 Å². The first-order valence-corrected chi connectivity index (χ1v) is 9.14. The molecule has 0 radical (unpaired) electrons. The largest absolute Gasteiger partial charge is 0.444 e. The van der Waals surface area contributed by atoms with Gasteiger partial charge in [-0.15, -0.1) is 0 Å². The van der Waals surface area contributed by atoms with Gasteiger partial charge in [0.05, 0.1) is 16.0 Å². The number of carbonyl (C=O) groups is 1. The van der Waals surface area contributed by atoms with E-state index in [1.54, 1.807) is 18.0 Å². The van der Waals surface area contributed by atoms with E-state index in [1.807, 2.05) is 20.8 Å². The van der Waals surface area contributed by atoms with E-state index in [9.17, 15) is 9.00 Å². The highest BCUT2D eigenvalue weighted by Gasteiger charge is 2.31. The molecule has 2 atom stereocenters. The molecule has 2 unspecified atom stereocenters. The van der Waals surface area contributed by atoms with E-state index < -0.39 is 16.4 Å². The Morgan fingerprint density at radius 1 is 1.48 bits per heavy atom. The number of halogens is 1. The van der Waals surface area contributed by atoms with E-state index in [0.717, 1.165) is 18.4 Å². The number of hydrogen-bond acceptors (Lipinski definition) is 5. The molecule has 1 fully saturated rings. The van der Waals surface area contributed by atoms with Crippen LogP contribution in [0.5, 0.6) is 0 Å². The zero-order chi connectivity index (χ0) is 17.2. The van der Waals surface area contributed by atoms with Gasteiger partial charge in [0.25, 0.3) is 0 Å². The zero-order valence-electron chi connectivity index (χ0n) is 13.8. The number of aromatic nitrogens is 2. The topological polar surface area (TPSA) is 72.4 Å². The summed E-state index contributed by atoms with van der Waals surface area (Å²) in [6.07, 6.45) is 2.72. The molecular formula is C15H22ClN3O3S. The van der Waals surface area contributed by atoms with Crippen molar-refractivity contribution in [2.75, 3.05) is 13.1 Å². The molecule has 0 aromatic carbocycles. The number of nitrogens with zero attached hydrogens (tertiary/aromatic N) is 3. The van der Waals surface area contributed by atoms with Crippen molar-refractivity contribution in [3.8, 4) is 0 Å². The van der Waals surface area contributed by atoms with Crippen molar-refractivity contribution in [2.45, 2.75) is 56.5 Å². The smallest absolute Gasteiger partial charge is 0.410 e. The highest BCUT2D eigenvalue weighted by atomic mass is 35.5. The summed E-state index contributed by atoms with van der Waals surface area (Å²) in [7, 11) is -1.40. The number of likely N-dealkylation sites (tertiary alicyclic amines) is 1. The summed E-state index contributed by atoms with van der Waals surface area (Å²) in [6.45, 7) is 8.25. The summed E-state index contributed by atoms with van der Waals surface area (Å²) >= 11 is 5.98. The Hall–Kier alpha value is -1.21. The molecule has 1 aromatic heterocycles. The summed E-state index contributed by atoms with van der Waals surface area (Å²) < 4.78 is 18.0. The average molecular weight is 360 g/mol. The lowest BCUT2D eigenvalue weighted by atomic mass is 10.1. The van der Waals surface area contributed by atoms with Crippen LogP contribution in [0.15, 0.2) is 11.4 Å². The fourth-order valence-corrected chi connectivity index (χ4v) is 3.77. The van der Waals surface area contributed by atoms with Crippen molar-refractivity contribution < 1.29 is 13.7 Å². The van der Waals surface area contributed by atoms with Gasteiger partial charge in [0, 0.05) is 24.8 Å². The fourth-order valence-electron chi connectivity index (χ4n) is 2.26. The molecule has 1 aliphatic rings. The van der Waals surface area contributed by atoms with Gasteiger partial charge in [-0.05, 0) is 40.5 Å². The van der Waals surface area contributed by atoms with Crippen molar-refractivity contribution >= 4 is 28.5 Å². The summed E-state index contributed by atoms with van der Waals surface area (Å²) in [5.41, 5.74) is 0.197. The number of aryl methyl sites for hydroxylation is 1. The maximum atomic E-state index is 12.7. The number of carbonyl (C=O) groups excluding carboxylic acids is 1. The molecule has 8 heteroatoms. The summed E-state index contributed by atoms with van der Waals surface area (Å²) in [5, 5.41) is 0.315. The van der Waals surface area contributed by atoms with Gasteiger partial charge >= 0.3 is 6.09 Å². The van der Waals surface area contributed by atoms with Crippen molar-refractivity contribution in [1.82, 2.24) is 14.9 Å². The van der Waals surface area contributed by atoms with Gasteiger partial charge in [-0.2, -0.15) is 0 Å². The Balaban J connectivity index is 2.07. The van der Waals surface area contributed by atoms with E-state index in [-0.39, 0.29) is 16.5 Å². The molecule has 0 saturated carbocycles. The molecule has 2 heterocycles. The minimum Gasteiger partial charge on any atom is -0.444 e. The van der Waals surface area contributed by atoms with E-state index >= 15 is 0 Å². The van der Waals surface area contributed by atoms with Crippen LogP contribution >= 0.6 is 11.6 Å². The van der Waals surface area contributed by atoms with Gasteiger partial charge in [0.2, 0.25) is 5.16 Å². The molecule has 1 aliphatic heterocycles. The molecule has 128 valence electrons. The minimum atomic E-state index is -1.40. The second kappa shape index (κ2) is 7.13. The molecule has 1 aromatic rings. The highest BCUT2D eigenvalue weighted by molar-refractivity contribution is 7.85. The van der Waals surface area contributed by atoms with Gasteiger partial charge in [-0.1, -0.05) is 11.6 Å². The van der Waals surface area contributed by atoms with Crippen molar-refractivity contribution in [3.63, 3.8) is 0 Å². The molecule has 6 nitrogen and oxygen atoms in total. The van der Waals surface area contributed by atoms with Crippen LogP contribution in [-0.4, -0.2) is 49.1 Å². The Labute approximate surface area is 144 Å². The minimum absolute atomic E-state index is 0.213. The number of amides is 1. The average Bonchev–Trinajstić information content (AvgIpc) is 2.48. The maximum Gasteiger partial charge on any atom is 0.410 e. The highest BCUT2D eigenvalue weighted by Crippen LogP contribution is 2.22. The molecule has 0 spiro atoms. The van der Waals surface area contributed by atoms with Gasteiger partial charge in [0.15, 0.2) is 0 Å². The maximum absolute atomic E-state index is 12.7. The lowest BCUT2D eigenvalue weighted by Crippen LogP contribution is -2.46. The standard InChI is InChI=1S/C15H22ClN3O3S/c1-10-8-17-13(18-12(10)16)23(21)11-6-5-7-19(9-11)14(20)22-15(2,3)4/h8,11H,5-7,9H2,1-4H3. The van der Waals surface area contributed by atoms with E-state index in [2.05, 4.69) is 9.97 Å². The van der Waals surface area contributed by atoms with Crippen LogP contribution in [-0.2, 0) is 15.5 Å². The molecule has 0 N–H and O–H groups in total. The van der Waals surface area contributed by atoms with Gasteiger partial charge < -0.3 is 9.64 Å². The Kier molecular flexibility index (Phi) is 5.62. The number of hydrogen-bond donors (Lipinski definition) is 0. The van der Waals surface area contributed by atoms with Crippen LogP contribution in [0.25, 0.3) is 0 Å². The van der Waals surface area contributed by atoms with E-state index in [1.165, 1.54) is 0 Å². The van der Waals surface area contributed by atoms with Crippen molar-refractivity contribution in [1.29, 1.82) is 0 Å². The third-order valence-corrected chi connectivity index (χ3v) is 5.33. The predicted octanol–water partition coefficient (Wildman–Crippen LogP) is 2.95. The van der Waals surface area contributed by atoms with Gasteiger partial charge in [0.1, 0.15) is 10.8 Å². The Morgan fingerprint density at radius 3 is 2.78 bits per heavy atom. The summed E-state index contributed by atoms with van der Waals surface area (Å²) in [5.74, 6) is 0. The second-order valence-electron chi connectivity index (χ2n) is 6.61. The van der Waals surface area contributed by atoms with Crippen molar-refractivity contribution in [2.24, 2.45) is 0 Å². The number of piperidine rings is 1. The van der Waals surface area contributed by atoms with Crippen LogP contribution in [0.4, 0.5) is 4.79 Å². The molecule has 0 aliphatic carbocycles. The molecular weight excluding hydrogens is 338 g/mol. The monoisotopic (exact) mass is 359 g/mol. The molecule has 2 rings (SSSR count).